The second-order valence-electron chi connectivity index (χ2n) is 4.74. The molecule has 3 nitrogen and oxygen atoms in total. The van der Waals surface area contributed by atoms with Crippen LogP contribution in [0.5, 0.6) is 0 Å². The van der Waals surface area contributed by atoms with Gasteiger partial charge >= 0.3 is 0 Å². The smallest absolute Gasteiger partial charge is 0.228 e. The largest absolute Gasteiger partial charge is 0.383 e. The average Bonchev–Trinajstić information content (AvgIpc) is 2.72. The molecule has 0 aliphatic heterocycles. The van der Waals surface area contributed by atoms with E-state index in [-0.39, 0.29) is 11.3 Å². The Morgan fingerprint density at radius 3 is 2.50 bits per heavy atom. The third-order valence-electron chi connectivity index (χ3n) is 3.43. The fourth-order valence-electron chi connectivity index (χ4n) is 2.37. The van der Waals surface area contributed by atoms with E-state index in [1.165, 1.54) is 12.8 Å². The van der Waals surface area contributed by atoms with Crippen LogP contribution in [0.2, 0.25) is 0 Å². The lowest BCUT2D eigenvalue weighted by molar-refractivity contribution is -0.141. The van der Waals surface area contributed by atoms with E-state index >= 15 is 0 Å². The van der Waals surface area contributed by atoms with Crippen LogP contribution >= 0.6 is 11.6 Å². The third kappa shape index (κ3) is 3.36. The molecular weight excluding hydrogens is 226 g/mol. The number of alkyl halides is 1. The van der Waals surface area contributed by atoms with Crippen LogP contribution in [0, 0.1) is 5.41 Å². The van der Waals surface area contributed by atoms with Gasteiger partial charge in [0.15, 0.2) is 0 Å². The molecule has 0 N–H and O–H groups in total. The molecule has 1 aliphatic carbocycles. The van der Waals surface area contributed by atoms with Crippen molar-refractivity contribution in [3.8, 4) is 0 Å². The molecule has 0 aromatic rings. The minimum Gasteiger partial charge on any atom is -0.383 e. The van der Waals surface area contributed by atoms with Crippen LogP contribution in [-0.2, 0) is 9.53 Å². The first-order valence-electron chi connectivity index (χ1n) is 5.98. The molecule has 0 aromatic carbocycles. The van der Waals surface area contributed by atoms with E-state index in [1.807, 2.05) is 4.90 Å². The summed E-state index contributed by atoms with van der Waals surface area (Å²) in [4.78, 5) is 14.2. The van der Waals surface area contributed by atoms with Gasteiger partial charge in [0.1, 0.15) is 0 Å². The quantitative estimate of drug-likeness (QED) is 0.674. The molecule has 1 aliphatic rings. The van der Waals surface area contributed by atoms with Crippen LogP contribution in [0.25, 0.3) is 0 Å². The Hall–Kier alpha value is -0.280. The summed E-state index contributed by atoms with van der Waals surface area (Å²) in [7, 11) is 1.65. The van der Waals surface area contributed by atoms with Crippen molar-refractivity contribution in [3.05, 3.63) is 0 Å². The summed E-state index contributed by atoms with van der Waals surface area (Å²) in [6.45, 7) is 3.94. The monoisotopic (exact) mass is 247 g/mol. The predicted octanol–water partition coefficient (Wildman–Crippen LogP) is 2.28. The molecule has 1 fully saturated rings. The van der Waals surface area contributed by atoms with Crippen molar-refractivity contribution in [2.24, 2.45) is 5.41 Å². The van der Waals surface area contributed by atoms with Gasteiger partial charge in [-0.1, -0.05) is 19.8 Å². The molecule has 94 valence electrons. The molecule has 0 heterocycles. The van der Waals surface area contributed by atoms with E-state index in [9.17, 15) is 4.79 Å². The number of methoxy groups -OCH3 is 1. The number of rotatable bonds is 6. The van der Waals surface area contributed by atoms with E-state index < -0.39 is 0 Å². The van der Waals surface area contributed by atoms with Gasteiger partial charge < -0.3 is 9.64 Å². The summed E-state index contributed by atoms with van der Waals surface area (Å²) in [5.74, 6) is 0.744. The number of ether oxygens (including phenoxy) is 1. The van der Waals surface area contributed by atoms with Crippen LogP contribution in [-0.4, -0.2) is 43.5 Å². The van der Waals surface area contributed by atoms with Crippen LogP contribution in [0.15, 0.2) is 0 Å². The van der Waals surface area contributed by atoms with Crippen molar-refractivity contribution in [1.82, 2.24) is 4.90 Å². The maximum absolute atomic E-state index is 12.4. The minimum absolute atomic E-state index is 0.153. The molecule has 0 radical (unpaired) electrons. The van der Waals surface area contributed by atoms with Gasteiger partial charge in [-0.25, -0.2) is 0 Å². The molecule has 0 saturated heterocycles. The Bertz CT molecular complexity index is 227. The first-order chi connectivity index (χ1) is 7.64. The Morgan fingerprint density at radius 2 is 2.00 bits per heavy atom. The van der Waals surface area contributed by atoms with E-state index in [2.05, 4.69) is 6.92 Å². The highest BCUT2D eigenvalue weighted by Gasteiger charge is 2.38. The number of amides is 1. The van der Waals surface area contributed by atoms with Crippen molar-refractivity contribution >= 4 is 17.5 Å². The van der Waals surface area contributed by atoms with Gasteiger partial charge in [0.2, 0.25) is 5.91 Å². The molecule has 0 atom stereocenters. The number of hydrogen-bond donors (Lipinski definition) is 0. The van der Waals surface area contributed by atoms with Gasteiger partial charge in [0, 0.05) is 31.5 Å². The standard InChI is InChI=1S/C12H22ClNO2/c1-12(5-3-4-6-12)11(15)14(8-7-13)9-10-16-2/h3-10H2,1-2H3. The van der Waals surface area contributed by atoms with Crippen LogP contribution in [0.1, 0.15) is 32.6 Å². The molecule has 1 amide bonds. The van der Waals surface area contributed by atoms with E-state index in [1.54, 1.807) is 7.11 Å². The SMILES string of the molecule is COCCN(CCCl)C(=O)C1(C)CCCC1. The molecular formula is C12H22ClNO2. The number of carbonyl (C=O) groups excluding carboxylic acids is 1. The lowest BCUT2D eigenvalue weighted by Gasteiger charge is -2.31. The first-order valence-corrected chi connectivity index (χ1v) is 6.52. The number of carbonyl (C=O) groups is 1. The van der Waals surface area contributed by atoms with Crippen molar-refractivity contribution in [1.29, 1.82) is 0 Å². The fourth-order valence-corrected chi connectivity index (χ4v) is 2.57. The maximum atomic E-state index is 12.4. The second kappa shape index (κ2) is 6.45. The van der Waals surface area contributed by atoms with Crippen molar-refractivity contribution < 1.29 is 9.53 Å². The predicted molar refractivity (Wildman–Crippen MR) is 65.8 cm³/mol. The van der Waals surface area contributed by atoms with Crippen molar-refractivity contribution in [2.75, 3.05) is 32.7 Å². The Kier molecular flexibility index (Phi) is 5.56. The zero-order valence-corrected chi connectivity index (χ0v) is 11.1. The first kappa shape index (κ1) is 13.8. The fraction of sp³-hybridized carbons (Fsp3) is 0.917. The van der Waals surface area contributed by atoms with Crippen LogP contribution < -0.4 is 0 Å². The van der Waals surface area contributed by atoms with Crippen LogP contribution in [0.3, 0.4) is 0 Å². The average molecular weight is 248 g/mol. The van der Waals surface area contributed by atoms with Gasteiger partial charge in [-0.05, 0) is 12.8 Å². The Balaban J connectivity index is 2.58. The molecule has 0 bridgehead atoms. The van der Waals surface area contributed by atoms with E-state index in [4.69, 9.17) is 16.3 Å². The summed E-state index contributed by atoms with van der Waals surface area (Å²) in [6, 6.07) is 0. The highest BCUT2D eigenvalue weighted by atomic mass is 35.5. The summed E-state index contributed by atoms with van der Waals surface area (Å²) >= 11 is 5.74. The molecule has 0 aromatic heterocycles. The minimum atomic E-state index is -0.153. The molecule has 1 saturated carbocycles. The third-order valence-corrected chi connectivity index (χ3v) is 3.60. The number of hydrogen-bond acceptors (Lipinski definition) is 2. The van der Waals surface area contributed by atoms with Gasteiger partial charge in [-0.2, -0.15) is 0 Å². The highest BCUT2D eigenvalue weighted by Crippen LogP contribution is 2.39. The second-order valence-corrected chi connectivity index (χ2v) is 5.12. The van der Waals surface area contributed by atoms with Gasteiger partial charge in [-0.3, -0.25) is 4.79 Å². The van der Waals surface area contributed by atoms with Crippen LogP contribution in [0.4, 0.5) is 0 Å². The zero-order valence-electron chi connectivity index (χ0n) is 10.3. The van der Waals surface area contributed by atoms with Gasteiger partial charge in [-0.15, -0.1) is 11.6 Å². The Labute approximate surface area is 103 Å². The topological polar surface area (TPSA) is 29.5 Å². The normalized spacial score (nSPS) is 18.7. The molecule has 0 unspecified atom stereocenters. The van der Waals surface area contributed by atoms with Gasteiger partial charge in [0.25, 0.3) is 0 Å². The van der Waals surface area contributed by atoms with Crippen molar-refractivity contribution in [2.45, 2.75) is 32.6 Å². The summed E-state index contributed by atoms with van der Waals surface area (Å²) in [5.41, 5.74) is -0.153. The lowest BCUT2D eigenvalue weighted by Crippen LogP contribution is -2.43. The molecule has 0 spiro atoms. The summed E-state index contributed by atoms with van der Waals surface area (Å²) < 4.78 is 5.03. The number of halogens is 1. The Morgan fingerprint density at radius 1 is 1.38 bits per heavy atom. The van der Waals surface area contributed by atoms with Gasteiger partial charge in [0.05, 0.1) is 6.61 Å². The summed E-state index contributed by atoms with van der Waals surface area (Å²) in [6.07, 6.45) is 4.36. The maximum Gasteiger partial charge on any atom is 0.228 e. The lowest BCUT2D eigenvalue weighted by atomic mass is 9.87. The zero-order chi connectivity index (χ0) is 12.0. The molecule has 16 heavy (non-hydrogen) atoms. The van der Waals surface area contributed by atoms with E-state index in [0.717, 1.165) is 12.8 Å². The molecule has 1 rings (SSSR count). The number of nitrogens with zero attached hydrogens (tertiary/aromatic N) is 1. The van der Waals surface area contributed by atoms with Crippen molar-refractivity contribution in [3.63, 3.8) is 0 Å². The van der Waals surface area contributed by atoms with E-state index in [0.29, 0.717) is 25.6 Å². The summed E-state index contributed by atoms with van der Waals surface area (Å²) in [5, 5.41) is 0. The highest BCUT2D eigenvalue weighted by molar-refractivity contribution is 6.18. The molecule has 4 heteroatoms.